The summed E-state index contributed by atoms with van der Waals surface area (Å²) < 4.78 is 5.16. The van der Waals surface area contributed by atoms with Crippen molar-refractivity contribution in [3.8, 4) is 0 Å². The van der Waals surface area contributed by atoms with Crippen LogP contribution in [0.15, 0.2) is 37.5 Å². The van der Waals surface area contributed by atoms with Crippen molar-refractivity contribution >= 4 is 6.09 Å². The summed E-state index contributed by atoms with van der Waals surface area (Å²) >= 11 is 0. The van der Waals surface area contributed by atoms with Gasteiger partial charge in [0.25, 0.3) is 0 Å². The molecule has 18 heavy (non-hydrogen) atoms. The van der Waals surface area contributed by atoms with Gasteiger partial charge in [0.2, 0.25) is 0 Å². The highest BCUT2D eigenvalue weighted by atomic mass is 16.6. The van der Waals surface area contributed by atoms with Gasteiger partial charge in [-0.3, -0.25) is 0 Å². The minimum absolute atomic E-state index is 0.279. The lowest BCUT2D eigenvalue weighted by Gasteiger charge is -2.20. The molecule has 0 saturated heterocycles. The zero-order valence-electron chi connectivity index (χ0n) is 11.9. The number of rotatable bonds is 7. The van der Waals surface area contributed by atoms with E-state index >= 15 is 0 Å². The predicted molar refractivity (Wildman–Crippen MR) is 77.7 cm³/mol. The van der Waals surface area contributed by atoms with Crippen LogP contribution >= 0.6 is 0 Å². The molecule has 0 aromatic heterocycles. The Kier molecular flexibility index (Phi) is 14.1. The number of likely N-dealkylation sites (N-methyl/N-ethyl adjacent to an activating group) is 2. The minimum atomic E-state index is -0.279. The van der Waals surface area contributed by atoms with Gasteiger partial charge in [0, 0.05) is 19.6 Å². The maximum Gasteiger partial charge on any atom is 0.410 e. The Morgan fingerprint density at radius 2 is 2.06 bits per heavy atom. The first-order valence-corrected chi connectivity index (χ1v) is 6.03. The van der Waals surface area contributed by atoms with Crippen LogP contribution in [0.25, 0.3) is 0 Å². The third-order valence-electron chi connectivity index (χ3n) is 2.27. The molecule has 0 saturated carbocycles. The van der Waals surface area contributed by atoms with Crippen molar-refractivity contribution in [2.24, 2.45) is 0 Å². The summed E-state index contributed by atoms with van der Waals surface area (Å²) in [6.07, 6.45) is 3.29. The number of carbonyl (C=O) groups is 1. The second kappa shape index (κ2) is 13.5. The molecule has 4 heteroatoms. The number of hydrogen-bond acceptors (Lipinski definition) is 3. The molecule has 0 unspecified atom stereocenters. The number of nitrogens with one attached hydrogen (secondary N) is 1. The summed E-state index contributed by atoms with van der Waals surface area (Å²) in [6, 6.07) is 0. The standard InChI is InChI=1S/C12H22N2O2.C2H4/c1-5-11(6-2)10-16-12(15)14(7-3)9-8-13-4;1-2/h5-6,13H,1,7-10H2,2-4H3;1-2H2/b11-6+;. The average molecular weight is 254 g/mol. The quantitative estimate of drug-likeness (QED) is 0.561. The Hall–Kier alpha value is -1.55. The molecule has 0 heterocycles. The van der Waals surface area contributed by atoms with Crippen LogP contribution in [0.3, 0.4) is 0 Å². The lowest BCUT2D eigenvalue weighted by molar-refractivity contribution is 0.113. The molecule has 0 aromatic carbocycles. The van der Waals surface area contributed by atoms with Crippen molar-refractivity contribution in [3.63, 3.8) is 0 Å². The fourth-order valence-electron chi connectivity index (χ4n) is 1.12. The van der Waals surface area contributed by atoms with Crippen LogP contribution in [0.1, 0.15) is 13.8 Å². The van der Waals surface area contributed by atoms with E-state index in [0.717, 1.165) is 12.1 Å². The summed E-state index contributed by atoms with van der Waals surface area (Å²) in [4.78, 5) is 13.3. The van der Waals surface area contributed by atoms with E-state index in [0.29, 0.717) is 13.1 Å². The van der Waals surface area contributed by atoms with Crippen molar-refractivity contribution in [2.45, 2.75) is 13.8 Å². The molecule has 104 valence electrons. The smallest absolute Gasteiger partial charge is 0.410 e. The number of carbonyl (C=O) groups excluding carboxylic acids is 1. The number of allylic oxidation sites excluding steroid dienone is 1. The summed E-state index contributed by atoms with van der Waals surface area (Å²) in [5.74, 6) is 0. The van der Waals surface area contributed by atoms with E-state index in [1.165, 1.54) is 0 Å². The average Bonchev–Trinajstić information content (AvgIpc) is 2.43. The molecule has 0 aromatic rings. The van der Waals surface area contributed by atoms with E-state index < -0.39 is 0 Å². The summed E-state index contributed by atoms with van der Waals surface area (Å²) in [5, 5.41) is 3.00. The molecule has 1 N–H and O–H groups in total. The van der Waals surface area contributed by atoms with E-state index in [1.807, 2.05) is 27.0 Å². The van der Waals surface area contributed by atoms with E-state index in [2.05, 4.69) is 25.1 Å². The molecule has 0 spiro atoms. The zero-order chi connectivity index (χ0) is 14.4. The Morgan fingerprint density at radius 1 is 1.44 bits per heavy atom. The highest BCUT2D eigenvalue weighted by Gasteiger charge is 2.11. The monoisotopic (exact) mass is 254 g/mol. The normalized spacial score (nSPS) is 10.1. The molecule has 0 aliphatic heterocycles. The van der Waals surface area contributed by atoms with E-state index in [1.54, 1.807) is 11.0 Å². The van der Waals surface area contributed by atoms with Gasteiger partial charge in [0.1, 0.15) is 6.61 Å². The zero-order valence-corrected chi connectivity index (χ0v) is 11.9. The Morgan fingerprint density at radius 3 is 2.44 bits per heavy atom. The first kappa shape index (κ1) is 18.8. The fraction of sp³-hybridized carbons (Fsp3) is 0.500. The second-order valence-electron chi connectivity index (χ2n) is 3.31. The second-order valence-corrected chi connectivity index (χ2v) is 3.31. The van der Waals surface area contributed by atoms with Gasteiger partial charge in [-0.1, -0.05) is 18.7 Å². The van der Waals surface area contributed by atoms with E-state index in [-0.39, 0.29) is 12.7 Å². The molecule has 4 nitrogen and oxygen atoms in total. The predicted octanol–water partition coefficient (Wildman–Crippen LogP) is 2.60. The van der Waals surface area contributed by atoms with Crippen LogP contribution in [0, 0.1) is 0 Å². The van der Waals surface area contributed by atoms with Crippen LogP contribution in [-0.2, 0) is 4.74 Å². The molecule has 0 aliphatic carbocycles. The van der Waals surface area contributed by atoms with Gasteiger partial charge in [0.15, 0.2) is 0 Å². The van der Waals surface area contributed by atoms with Gasteiger partial charge in [-0.05, 0) is 26.5 Å². The summed E-state index contributed by atoms with van der Waals surface area (Å²) in [7, 11) is 1.86. The van der Waals surface area contributed by atoms with Gasteiger partial charge < -0.3 is 15.0 Å². The first-order valence-electron chi connectivity index (χ1n) is 6.03. The Bertz CT molecular complexity index is 263. The molecular formula is C14H26N2O2. The maximum absolute atomic E-state index is 11.6. The van der Waals surface area contributed by atoms with Crippen molar-refractivity contribution in [1.82, 2.24) is 10.2 Å². The van der Waals surface area contributed by atoms with Gasteiger partial charge in [-0.25, -0.2) is 4.79 Å². The van der Waals surface area contributed by atoms with Gasteiger partial charge in [0.05, 0.1) is 0 Å². The largest absolute Gasteiger partial charge is 0.445 e. The number of hydrogen-bond donors (Lipinski definition) is 1. The lowest BCUT2D eigenvalue weighted by atomic mass is 10.3. The van der Waals surface area contributed by atoms with E-state index in [9.17, 15) is 4.79 Å². The third-order valence-corrected chi connectivity index (χ3v) is 2.27. The minimum Gasteiger partial charge on any atom is -0.445 e. The maximum atomic E-state index is 11.6. The molecule has 0 rings (SSSR count). The third kappa shape index (κ3) is 8.58. The van der Waals surface area contributed by atoms with Crippen molar-refractivity contribution in [1.29, 1.82) is 0 Å². The summed E-state index contributed by atoms with van der Waals surface area (Å²) in [5.41, 5.74) is 0.915. The van der Waals surface area contributed by atoms with Gasteiger partial charge in [-0.2, -0.15) is 0 Å². The molecule has 0 atom stereocenters. The Labute approximate surface area is 111 Å². The number of nitrogens with zero attached hydrogens (tertiary/aromatic N) is 1. The molecule has 1 amide bonds. The fourth-order valence-corrected chi connectivity index (χ4v) is 1.12. The topological polar surface area (TPSA) is 41.6 Å². The molecule has 0 aliphatic rings. The van der Waals surface area contributed by atoms with Crippen molar-refractivity contribution in [2.75, 3.05) is 33.3 Å². The van der Waals surface area contributed by atoms with Crippen LogP contribution in [0.5, 0.6) is 0 Å². The first-order chi connectivity index (χ1) is 8.69. The molecular weight excluding hydrogens is 228 g/mol. The van der Waals surface area contributed by atoms with Gasteiger partial charge in [-0.15, -0.1) is 13.2 Å². The van der Waals surface area contributed by atoms with Crippen LogP contribution in [0.4, 0.5) is 4.79 Å². The molecule has 0 radical (unpaired) electrons. The molecule has 0 fully saturated rings. The van der Waals surface area contributed by atoms with Crippen molar-refractivity contribution in [3.05, 3.63) is 37.5 Å². The van der Waals surface area contributed by atoms with Gasteiger partial charge >= 0.3 is 6.09 Å². The molecule has 0 bridgehead atoms. The highest BCUT2D eigenvalue weighted by Crippen LogP contribution is 2.00. The lowest BCUT2D eigenvalue weighted by Crippen LogP contribution is -2.36. The summed E-state index contributed by atoms with van der Waals surface area (Å²) in [6.45, 7) is 15.8. The SMILES string of the molecule is C=C.C=C/C(=C\C)COC(=O)N(CC)CCNC. The van der Waals surface area contributed by atoms with Crippen LogP contribution in [0.2, 0.25) is 0 Å². The van der Waals surface area contributed by atoms with Crippen molar-refractivity contribution < 1.29 is 9.53 Å². The number of amides is 1. The van der Waals surface area contributed by atoms with Crippen LogP contribution in [-0.4, -0.2) is 44.3 Å². The van der Waals surface area contributed by atoms with Crippen LogP contribution < -0.4 is 5.32 Å². The highest BCUT2D eigenvalue weighted by molar-refractivity contribution is 5.67. The Balaban J connectivity index is 0. The number of ether oxygens (including phenoxy) is 1. The van der Waals surface area contributed by atoms with E-state index in [4.69, 9.17) is 4.74 Å².